The highest BCUT2D eigenvalue weighted by molar-refractivity contribution is 7.82. The van der Waals surface area contributed by atoms with Gasteiger partial charge in [-0.05, 0) is 25.7 Å². The van der Waals surface area contributed by atoms with Gasteiger partial charge in [-0.3, -0.25) is 0 Å². The molecule has 116 valence electrons. The van der Waals surface area contributed by atoms with Crippen molar-refractivity contribution in [2.45, 2.75) is 63.3 Å². The molecule has 1 saturated carbocycles. The third kappa shape index (κ3) is 3.51. The molecular weight excluding hydrogens is 280 g/mol. The van der Waals surface area contributed by atoms with E-state index in [1.165, 1.54) is 4.31 Å². The SMILES string of the molecule is O=C([O-])C1([NH2+]S(=O)(=O)N2CCCCCC2)CCCCC1. The Labute approximate surface area is 120 Å². The molecule has 1 aliphatic carbocycles. The molecule has 0 atom stereocenters. The van der Waals surface area contributed by atoms with Gasteiger partial charge in [-0.25, -0.2) is 4.72 Å². The van der Waals surface area contributed by atoms with Crippen LogP contribution < -0.4 is 9.83 Å². The van der Waals surface area contributed by atoms with Gasteiger partial charge in [-0.15, -0.1) is 0 Å². The fourth-order valence-electron chi connectivity index (χ4n) is 3.21. The summed E-state index contributed by atoms with van der Waals surface area (Å²) in [5, 5.41) is 11.5. The van der Waals surface area contributed by atoms with E-state index in [2.05, 4.69) is 0 Å². The van der Waals surface area contributed by atoms with Crippen LogP contribution in [0.3, 0.4) is 0 Å². The highest BCUT2D eigenvalue weighted by Crippen LogP contribution is 2.25. The number of nitrogens with two attached hydrogens (primary N) is 1. The molecule has 0 aromatic carbocycles. The second-order valence-electron chi connectivity index (χ2n) is 5.98. The van der Waals surface area contributed by atoms with Gasteiger partial charge in [0.1, 0.15) is 5.97 Å². The number of rotatable bonds is 4. The molecule has 6 nitrogen and oxygen atoms in total. The minimum Gasteiger partial charge on any atom is -0.544 e. The highest BCUT2D eigenvalue weighted by Gasteiger charge is 2.43. The quantitative estimate of drug-likeness (QED) is 0.730. The molecule has 0 bridgehead atoms. The zero-order chi connectivity index (χ0) is 14.6. The van der Waals surface area contributed by atoms with Gasteiger partial charge in [-0.1, -0.05) is 19.3 Å². The van der Waals surface area contributed by atoms with E-state index in [0.29, 0.717) is 25.9 Å². The summed E-state index contributed by atoms with van der Waals surface area (Å²) in [6.07, 6.45) is 7.00. The van der Waals surface area contributed by atoms with Crippen molar-refractivity contribution in [1.29, 1.82) is 0 Å². The molecule has 2 fully saturated rings. The number of hydrogen-bond acceptors (Lipinski definition) is 4. The lowest BCUT2D eigenvalue weighted by molar-refractivity contribution is -0.593. The number of carbonyl (C=O) groups is 1. The fourth-order valence-corrected chi connectivity index (χ4v) is 5.03. The van der Waals surface area contributed by atoms with E-state index in [1.807, 2.05) is 0 Å². The summed E-state index contributed by atoms with van der Waals surface area (Å²) in [6, 6.07) is 0. The van der Waals surface area contributed by atoms with Gasteiger partial charge in [0, 0.05) is 25.9 Å². The van der Waals surface area contributed by atoms with E-state index in [9.17, 15) is 18.3 Å². The number of quaternary nitrogens is 1. The first-order valence-electron chi connectivity index (χ1n) is 7.54. The molecule has 20 heavy (non-hydrogen) atoms. The molecule has 0 unspecified atom stereocenters. The lowest BCUT2D eigenvalue weighted by atomic mass is 9.83. The predicted octanol–water partition coefficient (Wildman–Crippen LogP) is -0.877. The summed E-state index contributed by atoms with van der Waals surface area (Å²) in [5.41, 5.74) is -1.29. The van der Waals surface area contributed by atoms with Crippen LogP contribution in [0.15, 0.2) is 0 Å². The van der Waals surface area contributed by atoms with Crippen LogP contribution in [0, 0.1) is 0 Å². The number of aliphatic carboxylic acids is 1. The zero-order valence-electron chi connectivity index (χ0n) is 11.8. The molecule has 0 aromatic heterocycles. The van der Waals surface area contributed by atoms with E-state index >= 15 is 0 Å². The zero-order valence-corrected chi connectivity index (χ0v) is 12.7. The highest BCUT2D eigenvalue weighted by atomic mass is 32.2. The first-order chi connectivity index (χ1) is 9.46. The molecule has 2 rings (SSSR count). The molecule has 2 aliphatic rings. The van der Waals surface area contributed by atoms with E-state index in [0.717, 1.165) is 49.7 Å². The second kappa shape index (κ2) is 6.41. The average Bonchev–Trinajstić information content (AvgIpc) is 2.68. The molecule has 0 radical (unpaired) electrons. The number of carboxylic acid groups (broad SMARTS) is 1. The molecule has 0 spiro atoms. The number of carbonyl (C=O) groups excluding carboxylic acids is 1. The summed E-state index contributed by atoms with van der Waals surface area (Å²) in [7, 11) is -3.62. The topological polar surface area (TPSA) is 94.1 Å². The van der Waals surface area contributed by atoms with E-state index in [1.54, 1.807) is 0 Å². The van der Waals surface area contributed by atoms with E-state index < -0.39 is 21.7 Å². The van der Waals surface area contributed by atoms with Crippen molar-refractivity contribution < 1.29 is 23.0 Å². The summed E-state index contributed by atoms with van der Waals surface area (Å²) >= 11 is 0. The second-order valence-corrected chi connectivity index (χ2v) is 7.76. The molecule has 1 aliphatic heterocycles. The maximum absolute atomic E-state index is 12.5. The first-order valence-corrected chi connectivity index (χ1v) is 9.04. The van der Waals surface area contributed by atoms with Crippen LogP contribution in [0.4, 0.5) is 0 Å². The minimum atomic E-state index is -3.62. The predicted molar refractivity (Wildman–Crippen MR) is 71.7 cm³/mol. The monoisotopic (exact) mass is 304 g/mol. The van der Waals surface area contributed by atoms with Gasteiger partial charge in [-0.2, -0.15) is 12.7 Å². The van der Waals surface area contributed by atoms with Crippen LogP contribution in [0.25, 0.3) is 0 Å². The van der Waals surface area contributed by atoms with Gasteiger partial charge in [0.25, 0.3) is 0 Å². The van der Waals surface area contributed by atoms with Crippen molar-refractivity contribution in [2.24, 2.45) is 0 Å². The molecule has 1 heterocycles. The smallest absolute Gasteiger partial charge is 0.370 e. The Balaban J connectivity index is 2.13. The lowest BCUT2D eigenvalue weighted by Gasteiger charge is -2.36. The molecule has 0 aromatic rings. The van der Waals surface area contributed by atoms with Crippen molar-refractivity contribution in [1.82, 2.24) is 4.31 Å². The van der Waals surface area contributed by atoms with Gasteiger partial charge in [0.15, 0.2) is 5.54 Å². The third-order valence-corrected chi connectivity index (χ3v) is 6.29. The summed E-state index contributed by atoms with van der Waals surface area (Å²) in [5.74, 6) is -1.24. The lowest BCUT2D eigenvalue weighted by Crippen LogP contribution is -3.04. The Hall–Kier alpha value is -0.660. The van der Waals surface area contributed by atoms with Crippen molar-refractivity contribution >= 4 is 16.2 Å². The van der Waals surface area contributed by atoms with Crippen LogP contribution >= 0.6 is 0 Å². The van der Waals surface area contributed by atoms with Crippen molar-refractivity contribution in [3.05, 3.63) is 0 Å². The third-order valence-electron chi connectivity index (χ3n) is 4.45. The summed E-state index contributed by atoms with van der Waals surface area (Å²) in [6.45, 7) is 1.00. The first kappa shape index (κ1) is 15.7. The minimum absolute atomic E-state index is 0.377. The summed E-state index contributed by atoms with van der Waals surface area (Å²) in [4.78, 5) is 11.5. The van der Waals surface area contributed by atoms with Crippen molar-refractivity contribution in [2.75, 3.05) is 13.1 Å². The van der Waals surface area contributed by atoms with Crippen molar-refractivity contribution in [3.8, 4) is 0 Å². The van der Waals surface area contributed by atoms with Gasteiger partial charge < -0.3 is 9.90 Å². The number of carboxylic acids is 1. The number of hydrogen-bond donors (Lipinski definition) is 1. The van der Waals surface area contributed by atoms with Gasteiger partial charge in [0.2, 0.25) is 0 Å². The normalized spacial score (nSPS) is 25.0. The standard InChI is InChI=1S/C13H24N2O4S/c16-12(17)13(8-4-3-5-9-13)14-20(18,19)15-10-6-1-2-7-11-15/h14H,1-11H2,(H,16,17). The Morgan fingerprint density at radius 1 is 0.950 bits per heavy atom. The Kier molecular flexibility index (Phi) is 5.04. The van der Waals surface area contributed by atoms with Gasteiger partial charge >= 0.3 is 10.2 Å². The maximum Gasteiger partial charge on any atom is 0.370 e. The largest absolute Gasteiger partial charge is 0.544 e. The van der Waals surface area contributed by atoms with Gasteiger partial charge in [0.05, 0.1) is 0 Å². The summed E-state index contributed by atoms with van der Waals surface area (Å²) < 4.78 is 27.5. The van der Waals surface area contributed by atoms with Crippen LogP contribution in [0.2, 0.25) is 0 Å². The Morgan fingerprint density at radius 2 is 1.45 bits per heavy atom. The van der Waals surface area contributed by atoms with Crippen LogP contribution in [-0.4, -0.2) is 37.3 Å². The Morgan fingerprint density at radius 3 is 1.95 bits per heavy atom. The molecule has 2 N–H and O–H groups in total. The number of nitrogens with zero attached hydrogens (tertiary/aromatic N) is 1. The van der Waals surface area contributed by atoms with Crippen LogP contribution in [0.5, 0.6) is 0 Å². The molecular formula is C13H24N2O4S. The maximum atomic E-state index is 12.5. The van der Waals surface area contributed by atoms with E-state index in [4.69, 9.17) is 0 Å². The van der Waals surface area contributed by atoms with Crippen LogP contribution in [0.1, 0.15) is 57.8 Å². The molecule has 0 amide bonds. The van der Waals surface area contributed by atoms with Crippen LogP contribution in [-0.2, 0) is 15.0 Å². The van der Waals surface area contributed by atoms with E-state index in [-0.39, 0.29) is 0 Å². The average molecular weight is 304 g/mol. The fraction of sp³-hybridized carbons (Fsp3) is 0.923. The van der Waals surface area contributed by atoms with Crippen molar-refractivity contribution in [3.63, 3.8) is 0 Å². The molecule has 1 saturated heterocycles. The Bertz CT molecular complexity index is 435. The molecule has 7 heteroatoms.